The zero-order valence-electron chi connectivity index (χ0n) is 14.3. The molecule has 0 aliphatic carbocycles. The lowest BCUT2D eigenvalue weighted by atomic mass is 10.1. The Morgan fingerprint density at radius 3 is 2.76 bits per heavy atom. The van der Waals surface area contributed by atoms with Gasteiger partial charge in [0.15, 0.2) is 0 Å². The summed E-state index contributed by atoms with van der Waals surface area (Å²) in [6.07, 6.45) is 6.02. The Morgan fingerprint density at radius 1 is 1.16 bits per heavy atom. The minimum absolute atomic E-state index is 0.0307. The van der Waals surface area contributed by atoms with Crippen molar-refractivity contribution in [1.82, 2.24) is 25.0 Å². The molecule has 0 spiro atoms. The van der Waals surface area contributed by atoms with E-state index in [-0.39, 0.29) is 5.91 Å². The standard InChI is InChI=1S/C18H24N6O/c25-18(16-6-9-24(21-16)15-4-3-7-19-14-15)23-12-10-22(11-13-23)17-5-1-2-8-20-17/h1-2,5-6,8-9,15,19H,3-4,7,10-14H2. The van der Waals surface area contributed by atoms with Gasteiger partial charge in [0, 0.05) is 45.1 Å². The Hall–Kier alpha value is -2.41. The number of carbonyl (C=O) groups is 1. The molecule has 1 atom stereocenters. The van der Waals surface area contributed by atoms with E-state index in [0.717, 1.165) is 44.8 Å². The quantitative estimate of drug-likeness (QED) is 0.908. The van der Waals surface area contributed by atoms with Crippen molar-refractivity contribution in [2.24, 2.45) is 0 Å². The van der Waals surface area contributed by atoms with Crippen molar-refractivity contribution in [3.8, 4) is 0 Å². The van der Waals surface area contributed by atoms with Gasteiger partial charge in [0.1, 0.15) is 11.5 Å². The third-order valence-electron chi connectivity index (χ3n) is 5.01. The number of carbonyl (C=O) groups excluding carboxylic acids is 1. The zero-order chi connectivity index (χ0) is 17.1. The van der Waals surface area contributed by atoms with E-state index in [9.17, 15) is 4.79 Å². The Kier molecular flexibility index (Phi) is 4.65. The Morgan fingerprint density at radius 2 is 2.04 bits per heavy atom. The molecule has 2 saturated heterocycles. The van der Waals surface area contributed by atoms with Gasteiger partial charge in [-0.1, -0.05) is 6.07 Å². The summed E-state index contributed by atoms with van der Waals surface area (Å²) in [5.41, 5.74) is 0.553. The number of pyridine rings is 1. The molecule has 4 rings (SSSR count). The second kappa shape index (κ2) is 7.23. The van der Waals surface area contributed by atoms with Crippen LogP contribution in [0.15, 0.2) is 36.7 Å². The molecule has 132 valence electrons. The zero-order valence-corrected chi connectivity index (χ0v) is 14.3. The lowest BCUT2D eigenvalue weighted by Gasteiger charge is -2.35. The molecule has 1 amide bonds. The predicted molar refractivity (Wildman–Crippen MR) is 95.7 cm³/mol. The van der Waals surface area contributed by atoms with Crippen molar-refractivity contribution in [2.45, 2.75) is 18.9 Å². The predicted octanol–water partition coefficient (Wildman–Crippen LogP) is 1.16. The topological polar surface area (TPSA) is 66.3 Å². The van der Waals surface area contributed by atoms with Crippen molar-refractivity contribution in [1.29, 1.82) is 0 Å². The van der Waals surface area contributed by atoms with Crippen LogP contribution in [0.1, 0.15) is 29.4 Å². The summed E-state index contributed by atoms with van der Waals surface area (Å²) in [5.74, 6) is 1.01. The van der Waals surface area contributed by atoms with Gasteiger partial charge in [0.2, 0.25) is 0 Å². The van der Waals surface area contributed by atoms with Crippen LogP contribution in [-0.4, -0.2) is 64.8 Å². The normalized spacial score (nSPS) is 21.4. The molecular formula is C18H24N6O. The fourth-order valence-electron chi connectivity index (χ4n) is 3.56. The molecule has 0 bridgehead atoms. The van der Waals surface area contributed by atoms with Crippen molar-refractivity contribution >= 4 is 11.7 Å². The third-order valence-corrected chi connectivity index (χ3v) is 5.01. The van der Waals surface area contributed by atoms with Gasteiger partial charge in [-0.25, -0.2) is 4.98 Å². The molecule has 1 N–H and O–H groups in total. The molecule has 0 saturated carbocycles. The van der Waals surface area contributed by atoms with E-state index < -0.39 is 0 Å². The van der Waals surface area contributed by atoms with Crippen LogP contribution < -0.4 is 10.2 Å². The number of anilines is 1. The minimum atomic E-state index is 0.0307. The first-order valence-electron chi connectivity index (χ1n) is 9.02. The summed E-state index contributed by atoms with van der Waals surface area (Å²) in [6.45, 7) is 5.01. The van der Waals surface area contributed by atoms with E-state index in [1.165, 1.54) is 0 Å². The average Bonchev–Trinajstić information content (AvgIpc) is 3.19. The largest absolute Gasteiger partial charge is 0.353 e. The van der Waals surface area contributed by atoms with Crippen LogP contribution in [0, 0.1) is 0 Å². The lowest BCUT2D eigenvalue weighted by Crippen LogP contribution is -2.49. The fraction of sp³-hybridized carbons (Fsp3) is 0.500. The lowest BCUT2D eigenvalue weighted by molar-refractivity contribution is 0.0739. The van der Waals surface area contributed by atoms with Crippen molar-refractivity contribution in [2.75, 3.05) is 44.2 Å². The van der Waals surface area contributed by atoms with Gasteiger partial charge >= 0.3 is 0 Å². The van der Waals surface area contributed by atoms with Gasteiger partial charge in [-0.05, 0) is 37.6 Å². The van der Waals surface area contributed by atoms with Gasteiger partial charge < -0.3 is 15.1 Å². The van der Waals surface area contributed by atoms with Crippen molar-refractivity contribution in [3.63, 3.8) is 0 Å². The number of hydrogen-bond donors (Lipinski definition) is 1. The highest BCUT2D eigenvalue weighted by Crippen LogP contribution is 2.17. The van der Waals surface area contributed by atoms with Crippen LogP contribution in [-0.2, 0) is 0 Å². The fourth-order valence-corrected chi connectivity index (χ4v) is 3.56. The number of nitrogens with zero attached hydrogens (tertiary/aromatic N) is 5. The van der Waals surface area contributed by atoms with E-state index >= 15 is 0 Å². The van der Waals surface area contributed by atoms with Crippen molar-refractivity contribution in [3.05, 3.63) is 42.4 Å². The monoisotopic (exact) mass is 340 g/mol. The molecule has 4 heterocycles. The van der Waals surface area contributed by atoms with E-state index in [0.29, 0.717) is 24.8 Å². The number of aromatic nitrogens is 3. The number of rotatable bonds is 3. The highest BCUT2D eigenvalue weighted by Gasteiger charge is 2.25. The van der Waals surface area contributed by atoms with E-state index in [2.05, 4.69) is 20.3 Å². The minimum Gasteiger partial charge on any atom is -0.353 e. The summed E-state index contributed by atoms with van der Waals surface area (Å²) < 4.78 is 1.95. The molecule has 7 nitrogen and oxygen atoms in total. The van der Waals surface area contributed by atoms with Crippen LogP contribution in [0.25, 0.3) is 0 Å². The van der Waals surface area contributed by atoms with Crippen LogP contribution in [0.5, 0.6) is 0 Å². The van der Waals surface area contributed by atoms with Gasteiger partial charge in [-0.3, -0.25) is 9.48 Å². The third kappa shape index (κ3) is 3.51. The Labute approximate surface area is 147 Å². The average molecular weight is 340 g/mol. The van der Waals surface area contributed by atoms with Gasteiger partial charge in [-0.2, -0.15) is 5.10 Å². The second-order valence-electron chi connectivity index (χ2n) is 6.65. The maximum absolute atomic E-state index is 12.7. The van der Waals surface area contributed by atoms with E-state index in [1.807, 2.05) is 40.0 Å². The molecule has 2 aromatic heterocycles. The summed E-state index contributed by atoms with van der Waals surface area (Å²) in [7, 11) is 0. The first kappa shape index (κ1) is 16.1. The number of amides is 1. The van der Waals surface area contributed by atoms with Gasteiger partial charge in [0.05, 0.1) is 6.04 Å². The Bertz CT molecular complexity index is 701. The van der Waals surface area contributed by atoms with Crippen molar-refractivity contribution < 1.29 is 4.79 Å². The molecule has 2 aliphatic rings. The van der Waals surface area contributed by atoms with Crippen LogP contribution >= 0.6 is 0 Å². The van der Waals surface area contributed by atoms with Gasteiger partial charge in [0.25, 0.3) is 5.91 Å². The molecule has 7 heteroatoms. The maximum atomic E-state index is 12.7. The number of piperidine rings is 1. The summed E-state index contributed by atoms with van der Waals surface area (Å²) in [6, 6.07) is 8.13. The summed E-state index contributed by atoms with van der Waals surface area (Å²) in [4.78, 5) is 21.2. The molecule has 25 heavy (non-hydrogen) atoms. The number of nitrogens with one attached hydrogen (secondary N) is 1. The van der Waals surface area contributed by atoms with E-state index in [1.54, 1.807) is 6.20 Å². The maximum Gasteiger partial charge on any atom is 0.274 e. The molecule has 2 aliphatic heterocycles. The smallest absolute Gasteiger partial charge is 0.274 e. The van der Waals surface area contributed by atoms with Gasteiger partial charge in [-0.15, -0.1) is 0 Å². The Balaban J connectivity index is 1.37. The molecule has 0 radical (unpaired) electrons. The highest BCUT2D eigenvalue weighted by atomic mass is 16.2. The van der Waals surface area contributed by atoms with Crippen LogP contribution in [0.4, 0.5) is 5.82 Å². The summed E-state index contributed by atoms with van der Waals surface area (Å²) >= 11 is 0. The SMILES string of the molecule is O=C(c1ccn(C2CCCNC2)n1)N1CCN(c2ccccn2)CC1. The van der Waals surface area contributed by atoms with Crippen LogP contribution in [0.3, 0.4) is 0 Å². The molecule has 0 aromatic carbocycles. The van der Waals surface area contributed by atoms with E-state index in [4.69, 9.17) is 0 Å². The molecular weight excluding hydrogens is 316 g/mol. The van der Waals surface area contributed by atoms with Crippen LogP contribution in [0.2, 0.25) is 0 Å². The number of piperazine rings is 1. The first-order chi connectivity index (χ1) is 12.3. The molecule has 2 fully saturated rings. The molecule has 1 unspecified atom stereocenters. The summed E-state index contributed by atoms with van der Waals surface area (Å²) in [5, 5.41) is 7.93. The first-order valence-corrected chi connectivity index (χ1v) is 9.02. The number of hydrogen-bond acceptors (Lipinski definition) is 5. The highest BCUT2D eigenvalue weighted by molar-refractivity contribution is 5.92. The second-order valence-corrected chi connectivity index (χ2v) is 6.65. The molecule has 2 aromatic rings.